The molecule has 0 aliphatic heterocycles. The highest BCUT2D eigenvalue weighted by molar-refractivity contribution is 9.10. The molecule has 18 heavy (non-hydrogen) atoms. The van der Waals surface area contributed by atoms with Crippen LogP contribution in [0.4, 0.5) is 8.78 Å². The Morgan fingerprint density at radius 1 is 1.44 bits per heavy atom. The molecule has 6 heteroatoms. The van der Waals surface area contributed by atoms with Crippen LogP contribution in [0, 0.1) is 11.6 Å². The predicted molar refractivity (Wildman–Crippen MR) is 68.7 cm³/mol. The van der Waals surface area contributed by atoms with Crippen molar-refractivity contribution in [3.05, 3.63) is 28.2 Å². The summed E-state index contributed by atoms with van der Waals surface area (Å²) >= 11 is 3.05. The largest absolute Gasteiger partial charge is 0.487 e. The quantitative estimate of drug-likeness (QED) is 0.790. The summed E-state index contributed by atoms with van der Waals surface area (Å²) in [6, 6.07) is 2.33. The second-order valence-electron chi connectivity index (χ2n) is 4.27. The van der Waals surface area contributed by atoms with Gasteiger partial charge in [-0.05, 0) is 25.6 Å². The Morgan fingerprint density at radius 3 is 2.72 bits per heavy atom. The molecule has 0 saturated carbocycles. The molecule has 0 heterocycles. The van der Waals surface area contributed by atoms with Gasteiger partial charge in [-0.25, -0.2) is 4.39 Å². The Balaban J connectivity index is 2.68. The number of aliphatic hydroxyl groups is 1. The van der Waals surface area contributed by atoms with Crippen molar-refractivity contribution < 1.29 is 18.6 Å². The van der Waals surface area contributed by atoms with E-state index in [-0.39, 0.29) is 12.4 Å². The summed E-state index contributed by atoms with van der Waals surface area (Å²) in [5.74, 6) is -2.28. The molecule has 0 saturated heterocycles. The van der Waals surface area contributed by atoms with Gasteiger partial charge in [-0.2, -0.15) is 4.39 Å². The highest BCUT2D eigenvalue weighted by Crippen LogP contribution is 2.25. The highest BCUT2D eigenvalue weighted by Gasteiger charge is 2.22. The highest BCUT2D eigenvalue weighted by atomic mass is 79.9. The van der Waals surface area contributed by atoms with E-state index >= 15 is 0 Å². The van der Waals surface area contributed by atoms with E-state index in [0.717, 1.165) is 6.07 Å². The fourth-order valence-corrected chi connectivity index (χ4v) is 1.72. The second kappa shape index (κ2) is 6.45. The summed E-state index contributed by atoms with van der Waals surface area (Å²) in [6.45, 7) is 4.34. The van der Waals surface area contributed by atoms with Crippen molar-refractivity contribution >= 4 is 15.9 Å². The van der Waals surface area contributed by atoms with Gasteiger partial charge in [0.05, 0.1) is 0 Å². The average Bonchev–Trinajstić information content (AvgIpc) is 2.29. The Kier molecular flexibility index (Phi) is 5.49. The van der Waals surface area contributed by atoms with Crippen molar-refractivity contribution in [1.82, 2.24) is 5.32 Å². The Bertz CT molecular complexity index is 413. The summed E-state index contributed by atoms with van der Waals surface area (Å²) in [6.07, 6.45) is 0. The lowest BCUT2D eigenvalue weighted by molar-refractivity contribution is 0.0113. The number of rotatable bonds is 6. The molecule has 0 aliphatic rings. The van der Waals surface area contributed by atoms with Crippen LogP contribution in [-0.2, 0) is 0 Å². The van der Waals surface area contributed by atoms with E-state index < -0.39 is 17.2 Å². The third-order valence-corrected chi connectivity index (χ3v) is 2.71. The average molecular weight is 324 g/mol. The molecule has 0 aliphatic carbocycles. The molecule has 1 unspecified atom stereocenters. The zero-order valence-corrected chi connectivity index (χ0v) is 11.9. The van der Waals surface area contributed by atoms with E-state index in [2.05, 4.69) is 21.2 Å². The molecule has 0 amide bonds. The van der Waals surface area contributed by atoms with Crippen molar-refractivity contribution in [2.75, 3.05) is 19.7 Å². The van der Waals surface area contributed by atoms with Crippen molar-refractivity contribution in [3.8, 4) is 5.75 Å². The Labute approximate surface area is 113 Å². The number of benzene rings is 1. The maximum atomic E-state index is 13.4. The van der Waals surface area contributed by atoms with Gasteiger partial charge in [-0.15, -0.1) is 0 Å². The van der Waals surface area contributed by atoms with Crippen LogP contribution < -0.4 is 10.1 Å². The normalized spacial score (nSPS) is 14.3. The lowest BCUT2D eigenvalue weighted by atomic mass is 10.1. The first-order valence-electron chi connectivity index (χ1n) is 5.56. The van der Waals surface area contributed by atoms with Gasteiger partial charge in [-0.3, -0.25) is 0 Å². The lowest BCUT2D eigenvalue weighted by Gasteiger charge is -2.23. The molecule has 3 nitrogen and oxygen atoms in total. The first-order valence-corrected chi connectivity index (χ1v) is 6.35. The first-order chi connectivity index (χ1) is 8.35. The van der Waals surface area contributed by atoms with Crippen LogP contribution in [0.5, 0.6) is 5.75 Å². The van der Waals surface area contributed by atoms with E-state index in [4.69, 9.17) is 4.74 Å². The number of likely N-dealkylation sites (N-methyl/N-ethyl adjacent to an activating group) is 1. The molecule has 1 atom stereocenters. The van der Waals surface area contributed by atoms with E-state index in [1.54, 1.807) is 6.92 Å². The number of halogens is 3. The van der Waals surface area contributed by atoms with Crippen molar-refractivity contribution in [2.45, 2.75) is 19.4 Å². The van der Waals surface area contributed by atoms with Gasteiger partial charge >= 0.3 is 0 Å². The number of nitrogens with one attached hydrogen (secondary N) is 1. The van der Waals surface area contributed by atoms with E-state index in [0.29, 0.717) is 17.6 Å². The van der Waals surface area contributed by atoms with Gasteiger partial charge in [0, 0.05) is 11.0 Å². The van der Waals surface area contributed by atoms with Crippen LogP contribution in [0.1, 0.15) is 13.8 Å². The predicted octanol–water partition coefficient (Wildman–Crippen LogP) is 2.47. The molecule has 0 bridgehead atoms. The summed E-state index contributed by atoms with van der Waals surface area (Å²) in [5.41, 5.74) is -1.15. The Hall–Kier alpha value is -0.720. The third kappa shape index (κ3) is 4.51. The molecular formula is C12H16BrF2NO2. The van der Waals surface area contributed by atoms with E-state index in [1.807, 2.05) is 6.92 Å². The molecule has 0 aromatic heterocycles. The van der Waals surface area contributed by atoms with Gasteiger partial charge in [0.25, 0.3) is 0 Å². The Morgan fingerprint density at radius 2 is 2.11 bits per heavy atom. The van der Waals surface area contributed by atoms with Gasteiger partial charge in [0.15, 0.2) is 11.6 Å². The maximum absolute atomic E-state index is 13.4. The van der Waals surface area contributed by atoms with Crippen molar-refractivity contribution in [3.63, 3.8) is 0 Å². The summed E-state index contributed by atoms with van der Waals surface area (Å²) in [7, 11) is 0. The minimum Gasteiger partial charge on any atom is -0.487 e. The topological polar surface area (TPSA) is 41.5 Å². The standard InChI is InChI=1S/C12H16BrF2NO2/c1-3-16-6-12(2,17)7-18-10-5-8(13)4-9(14)11(10)15/h4-5,16-17H,3,6-7H2,1-2H3. The lowest BCUT2D eigenvalue weighted by Crippen LogP contribution is -2.42. The number of ether oxygens (including phenoxy) is 1. The molecule has 2 N–H and O–H groups in total. The second-order valence-corrected chi connectivity index (χ2v) is 5.18. The minimum absolute atomic E-state index is 0.132. The minimum atomic E-state index is -1.15. The molecule has 1 aromatic carbocycles. The molecule has 0 fully saturated rings. The molecular weight excluding hydrogens is 308 g/mol. The zero-order chi connectivity index (χ0) is 13.8. The van der Waals surface area contributed by atoms with Crippen LogP contribution in [0.15, 0.2) is 16.6 Å². The third-order valence-electron chi connectivity index (χ3n) is 2.25. The van der Waals surface area contributed by atoms with Crippen molar-refractivity contribution in [1.29, 1.82) is 0 Å². The molecule has 0 spiro atoms. The first kappa shape index (κ1) is 15.3. The van der Waals surface area contributed by atoms with Gasteiger partial charge < -0.3 is 15.2 Å². The fraction of sp³-hybridized carbons (Fsp3) is 0.500. The summed E-state index contributed by atoms with van der Waals surface area (Å²) in [5, 5.41) is 12.9. The van der Waals surface area contributed by atoms with Crippen LogP contribution in [-0.4, -0.2) is 30.4 Å². The van der Waals surface area contributed by atoms with Crippen LogP contribution in [0.25, 0.3) is 0 Å². The van der Waals surface area contributed by atoms with Crippen LogP contribution >= 0.6 is 15.9 Å². The van der Waals surface area contributed by atoms with Crippen LogP contribution in [0.2, 0.25) is 0 Å². The zero-order valence-electron chi connectivity index (χ0n) is 10.3. The number of hydrogen-bond donors (Lipinski definition) is 2. The number of hydrogen-bond acceptors (Lipinski definition) is 3. The maximum Gasteiger partial charge on any atom is 0.200 e. The van der Waals surface area contributed by atoms with Crippen LogP contribution in [0.3, 0.4) is 0 Å². The summed E-state index contributed by atoms with van der Waals surface area (Å²) < 4.78 is 32.0. The molecule has 1 aromatic rings. The van der Waals surface area contributed by atoms with Crippen molar-refractivity contribution in [2.24, 2.45) is 0 Å². The molecule has 102 valence electrons. The smallest absolute Gasteiger partial charge is 0.200 e. The van der Waals surface area contributed by atoms with Gasteiger partial charge in [0.1, 0.15) is 12.2 Å². The SMILES string of the molecule is CCNCC(C)(O)COc1cc(Br)cc(F)c1F. The summed E-state index contributed by atoms with van der Waals surface area (Å²) in [4.78, 5) is 0. The fourth-order valence-electron chi connectivity index (χ4n) is 1.32. The van der Waals surface area contributed by atoms with E-state index in [9.17, 15) is 13.9 Å². The molecule has 1 rings (SSSR count). The van der Waals surface area contributed by atoms with E-state index in [1.165, 1.54) is 6.07 Å². The molecule has 0 radical (unpaired) electrons. The van der Waals surface area contributed by atoms with Gasteiger partial charge in [0.2, 0.25) is 5.82 Å². The van der Waals surface area contributed by atoms with Gasteiger partial charge in [-0.1, -0.05) is 22.9 Å². The monoisotopic (exact) mass is 323 g/mol.